The van der Waals surface area contributed by atoms with Gasteiger partial charge >= 0.3 is 0 Å². The molecule has 17 heavy (non-hydrogen) atoms. The summed E-state index contributed by atoms with van der Waals surface area (Å²) >= 11 is 0. The number of nitrogens with zero attached hydrogens (tertiary/aromatic N) is 1. The number of rotatable bonds is 2. The first kappa shape index (κ1) is 12.8. The molecular weight excluding hydrogens is 214 g/mol. The van der Waals surface area contributed by atoms with E-state index < -0.39 is 0 Å². The second-order valence-corrected chi connectivity index (χ2v) is 5.54. The third-order valence-electron chi connectivity index (χ3n) is 4.62. The van der Waals surface area contributed by atoms with Crippen LogP contribution in [0.15, 0.2) is 0 Å². The maximum Gasteiger partial charge on any atom is 0.219 e. The molecule has 0 saturated carbocycles. The van der Waals surface area contributed by atoms with Crippen LogP contribution in [0.3, 0.4) is 0 Å². The molecule has 0 bridgehead atoms. The van der Waals surface area contributed by atoms with Crippen LogP contribution in [0.1, 0.15) is 26.7 Å². The Bertz CT molecular complexity index is 253. The van der Waals surface area contributed by atoms with E-state index in [1.54, 1.807) is 16.7 Å². The van der Waals surface area contributed by atoms with Gasteiger partial charge in [-0.15, -0.1) is 0 Å². The predicted octanol–water partition coefficient (Wildman–Crippen LogP) is -2.20. The first-order chi connectivity index (χ1) is 8.20. The molecule has 2 heterocycles. The molecule has 0 aromatic heterocycles. The second kappa shape index (κ2) is 5.83. The Labute approximate surface area is 105 Å². The number of amides is 1. The largest absolute Gasteiger partial charge is 0.335 e. The van der Waals surface area contributed by atoms with Gasteiger partial charge in [-0.1, -0.05) is 0 Å². The van der Waals surface area contributed by atoms with Gasteiger partial charge in [-0.2, -0.15) is 0 Å². The molecule has 0 aromatic carbocycles. The average molecular weight is 241 g/mol. The number of carbonyl (C=O) groups excluding carboxylic acids is 1. The van der Waals surface area contributed by atoms with E-state index in [2.05, 4.69) is 6.92 Å². The molecule has 2 N–H and O–H groups in total. The normalized spacial score (nSPS) is 31.5. The van der Waals surface area contributed by atoms with Crippen LogP contribution < -0.4 is 9.80 Å². The molecule has 1 amide bonds. The topological polar surface area (TPSA) is 29.2 Å². The van der Waals surface area contributed by atoms with E-state index >= 15 is 0 Å². The van der Waals surface area contributed by atoms with E-state index in [-0.39, 0.29) is 5.91 Å². The third kappa shape index (κ3) is 3.19. The molecule has 2 fully saturated rings. The molecule has 2 saturated heterocycles. The van der Waals surface area contributed by atoms with Crippen molar-refractivity contribution in [1.82, 2.24) is 4.90 Å². The summed E-state index contributed by atoms with van der Waals surface area (Å²) in [5, 5.41) is 0. The van der Waals surface area contributed by atoms with Gasteiger partial charge in [-0.05, 0) is 6.92 Å². The average Bonchev–Trinajstić information content (AvgIpc) is 2.39. The highest BCUT2D eigenvalue weighted by Gasteiger charge is 2.32. The predicted molar refractivity (Wildman–Crippen MR) is 67.2 cm³/mol. The SMILES string of the molecule is CC[NH+]1CCC([NH+]2CCN(C(C)=O)CC2)CC1. The quantitative estimate of drug-likeness (QED) is 0.565. The molecule has 0 atom stereocenters. The summed E-state index contributed by atoms with van der Waals surface area (Å²) in [6, 6.07) is 0.861. The van der Waals surface area contributed by atoms with Crippen LogP contribution in [-0.2, 0) is 4.79 Å². The van der Waals surface area contributed by atoms with E-state index in [9.17, 15) is 4.79 Å². The summed E-state index contributed by atoms with van der Waals surface area (Å²) in [7, 11) is 0. The fourth-order valence-corrected chi connectivity index (χ4v) is 3.30. The number of piperidine rings is 1. The number of piperazine rings is 1. The van der Waals surface area contributed by atoms with Crippen molar-refractivity contribution >= 4 is 5.91 Å². The van der Waals surface area contributed by atoms with Gasteiger partial charge in [0.05, 0.1) is 51.9 Å². The fourth-order valence-electron chi connectivity index (χ4n) is 3.30. The van der Waals surface area contributed by atoms with Gasteiger partial charge < -0.3 is 14.7 Å². The number of nitrogens with one attached hydrogen (secondary N) is 2. The molecule has 4 heteroatoms. The zero-order valence-corrected chi connectivity index (χ0v) is 11.3. The monoisotopic (exact) mass is 241 g/mol. The molecule has 2 aliphatic rings. The van der Waals surface area contributed by atoms with Crippen LogP contribution in [0.2, 0.25) is 0 Å². The van der Waals surface area contributed by atoms with Gasteiger partial charge in [0.2, 0.25) is 5.91 Å². The van der Waals surface area contributed by atoms with E-state index in [1.165, 1.54) is 32.5 Å². The van der Waals surface area contributed by atoms with Crippen molar-refractivity contribution in [1.29, 1.82) is 0 Å². The molecule has 2 aliphatic heterocycles. The summed E-state index contributed by atoms with van der Waals surface area (Å²) in [5.41, 5.74) is 0. The Kier molecular flexibility index (Phi) is 4.40. The second-order valence-electron chi connectivity index (χ2n) is 5.54. The highest BCUT2D eigenvalue weighted by molar-refractivity contribution is 5.73. The van der Waals surface area contributed by atoms with Crippen molar-refractivity contribution in [2.45, 2.75) is 32.7 Å². The van der Waals surface area contributed by atoms with E-state index in [0.717, 1.165) is 32.2 Å². The number of carbonyl (C=O) groups is 1. The van der Waals surface area contributed by atoms with Crippen LogP contribution in [0.4, 0.5) is 0 Å². The maximum atomic E-state index is 11.3. The van der Waals surface area contributed by atoms with Crippen molar-refractivity contribution in [3.8, 4) is 0 Å². The summed E-state index contributed by atoms with van der Waals surface area (Å²) in [6.07, 6.45) is 2.75. The minimum atomic E-state index is 0.245. The number of hydrogen-bond donors (Lipinski definition) is 2. The molecule has 0 aromatic rings. The Morgan fingerprint density at radius 2 is 1.76 bits per heavy atom. The van der Waals surface area contributed by atoms with Crippen molar-refractivity contribution in [2.24, 2.45) is 0 Å². The van der Waals surface area contributed by atoms with Crippen molar-refractivity contribution in [3.63, 3.8) is 0 Å². The summed E-state index contributed by atoms with van der Waals surface area (Å²) in [6.45, 7) is 12.2. The Morgan fingerprint density at radius 1 is 1.18 bits per heavy atom. The van der Waals surface area contributed by atoms with Gasteiger partial charge in [-0.25, -0.2) is 0 Å². The molecule has 98 valence electrons. The molecule has 0 spiro atoms. The van der Waals surface area contributed by atoms with Gasteiger partial charge in [0.1, 0.15) is 0 Å². The Balaban J connectivity index is 1.76. The van der Waals surface area contributed by atoms with Crippen LogP contribution in [-0.4, -0.2) is 62.7 Å². The number of quaternary nitrogens is 2. The van der Waals surface area contributed by atoms with Crippen LogP contribution in [0, 0.1) is 0 Å². The summed E-state index contributed by atoms with van der Waals surface area (Å²) < 4.78 is 0. The Hall–Kier alpha value is -0.610. The zero-order chi connectivity index (χ0) is 12.3. The fraction of sp³-hybridized carbons (Fsp3) is 0.923. The summed E-state index contributed by atoms with van der Waals surface area (Å²) in [4.78, 5) is 16.8. The molecule has 2 rings (SSSR count). The maximum absolute atomic E-state index is 11.3. The highest BCUT2D eigenvalue weighted by Crippen LogP contribution is 1.98. The van der Waals surface area contributed by atoms with Crippen molar-refractivity contribution in [2.75, 3.05) is 45.8 Å². The Morgan fingerprint density at radius 3 is 2.24 bits per heavy atom. The smallest absolute Gasteiger partial charge is 0.219 e. The lowest BCUT2D eigenvalue weighted by atomic mass is 10.0. The standard InChI is InChI=1S/C13H25N3O/c1-3-14-6-4-13(5-7-14)16-10-8-15(9-11-16)12(2)17/h13H,3-11H2,1-2H3/p+2. The zero-order valence-electron chi connectivity index (χ0n) is 11.3. The highest BCUT2D eigenvalue weighted by atomic mass is 16.2. The molecule has 0 radical (unpaired) electrons. The first-order valence-corrected chi connectivity index (χ1v) is 7.14. The van der Waals surface area contributed by atoms with Crippen molar-refractivity contribution in [3.05, 3.63) is 0 Å². The lowest BCUT2D eigenvalue weighted by Crippen LogP contribution is -3.22. The van der Waals surface area contributed by atoms with Gasteiger partial charge in [0, 0.05) is 19.8 Å². The minimum Gasteiger partial charge on any atom is -0.335 e. The lowest BCUT2D eigenvalue weighted by Gasteiger charge is -2.38. The van der Waals surface area contributed by atoms with Gasteiger partial charge in [-0.3, -0.25) is 4.79 Å². The lowest BCUT2D eigenvalue weighted by molar-refractivity contribution is -0.959. The van der Waals surface area contributed by atoms with E-state index in [1.807, 2.05) is 4.90 Å². The first-order valence-electron chi connectivity index (χ1n) is 7.14. The van der Waals surface area contributed by atoms with Crippen LogP contribution in [0.5, 0.6) is 0 Å². The van der Waals surface area contributed by atoms with E-state index in [0.29, 0.717) is 0 Å². The summed E-state index contributed by atoms with van der Waals surface area (Å²) in [5.74, 6) is 0.245. The van der Waals surface area contributed by atoms with E-state index in [4.69, 9.17) is 0 Å². The molecule has 0 unspecified atom stereocenters. The van der Waals surface area contributed by atoms with Crippen molar-refractivity contribution < 1.29 is 14.6 Å². The van der Waals surface area contributed by atoms with Gasteiger partial charge in [0.15, 0.2) is 0 Å². The molecule has 4 nitrogen and oxygen atoms in total. The number of hydrogen-bond acceptors (Lipinski definition) is 1. The minimum absolute atomic E-state index is 0.245. The van der Waals surface area contributed by atoms with Crippen LogP contribution >= 0.6 is 0 Å². The molecule has 0 aliphatic carbocycles. The van der Waals surface area contributed by atoms with Crippen LogP contribution in [0.25, 0.3) is 0 Å². The molecular formula is C13H27N3O+2. The van der Waals surface area contributed by atoms with Gasteiger partial charge in [0.25, 0.3) is 0 Å². The third-order valence-corrected chi connectivity index (χ3v) is 4.62. The number of likely N-dealkylation sites (tertiary alicyclic amines) is 1.